The van der Waals surface area contributed by atoms with Gasteiger partial charge in [0.05, 0.1) is 19.2 Å². The van der Waals surface area contributed by atoms with Crippen LogP contribution in [0.25, 0.3) is 0 Å². The van der Waals surface area contributed by atoms with Crippen molar-refractivity contribution in [2.45, 2.75) is 0 Å². The molecule has 0 saturated heterocycles. The van der Waals surface area contributed by atoms with Gasteiger partial charge in [0.2, 0.25) is 0 Å². The minimum atomic E-state index is -0.240. The largest absolute Gasteiger partial charge is 0.497 e. The molecule has 0 N–H and O–H groups in total. The average Bonchev–Trinajstić information content (AvgIpc) is 2.41. The summed E-state index contributed by atoms with van der Waals surface area (Å²) in [6.45, 7) is 0. The number of hydrogen-bond acceptors (Lipinski definition) is 2. The van der Waals surface area contributed by atoms with Gasteiger partial charge in [0.15, 0.2) is 0 Å². The first-order valence-electron chi connectivity index (χ1n) is 5.25. The molecule has 0 spiro atoms. The second-order valence-corrected chi connectivity index (χ2v) is 3.70. The van der Waals surface area contributed by atoms with Gasteiger partial charge in [-0.15, -0.1) is 0 Å². The topological polar surface area (TPSA) is 18.5 Å². The summed E-state index contributed by atoms with van der Waals surface area (Å²) in [6.07, 6.45) is 0. The van der Waals surface area contributed by atoms with Gasteiger partial charge in [-0.25, -0.2) is 4.39 Å². The zero-order chi connectivity index (χ0) is 13.4. The number of ether oxygens (including phenoxy) is 2. The smallest absolute Gasteiger partial charge is 0.137 e. The van der Waals surface area contributed by atoms with Crippen LogP contribution >= 0.6 is 11.6 Å². The molecule has 0 saturated carbocycles. The molecular weight excluding hydrogens is 255 g/mol. The van der Waals surface area contributed by atoms with Crippen molar-refractivity contribution in [3.8, 4) is 11.5 Å². The molecule has 0 bridgehead atoms. The van der Waals surface area contributed by atoms with E-state index in [0.29, 0.717) is 10.8 Å². The number of hydrogen-bond donors (Lipinski definition) is 0. The molecule has 4 heteroatoms. The Morgan fingerprint density at radius 1 is 0.889 bits per heavy atom. The summed E-state index contributed by atoms with van der Waals surface area (Å²) in [5.41, 5.74) is 0. The monoisotopic (exact) mass is 268 g/mol. The Morgan fingerprint density at radius 2 is 1.50 bits per heavy atom. The zero-order valence-corrected chi connectivity index (χ0v) is 10.9. The van der Waals surface area contributed by atoms with Crippen LogP contribution in [0.5, 0.6) is 11.5 Å². The summed E-state index contributed by atoms with van der Waals surface area (Å²) in [7, 11) is 3.15. The van der Waals surface area contributed by atoms with E-state index < -0.39 is 0 Å². The first-order chi connectivity index (χ1) is 8.67. The van der Waals surface area contributed by atoms with Crippen molar-refractivity contribution >= 4 is 11.6 Å². The fourth-order valence-corrected chi connectivity index (χ4v) is 1.39. The highest BCUT2D eigenvalue weighted by Gasteiger charge is 1.93. The molecule has 0 radical (unpaired) electrons. The van der Waals surface area contributed by atoms with Crippen molar-refractivity contribution in [3.63, 3.8) is 0 Å². The van der Waals surface area contributed by atoms with Crippen molar-refractivity contribution in [1.82, 2.24) is 0 Å². The van der Waals surface area contributed by atoms with Crippen LogP contribution in [0, 0.1) is 5.82 Å². The van der Waals surface area contributed by atoms with Gasteiger partial charge in [-0.1, -0.05) is 23.7 Å². The Labute approximate surface area is 111 Å². The quantitative estimate of drug-likeness (QED) is 0.813. The predicted octanol–water partition coefficient (Wildman–Crippen LogP) is 4.18. The molecule has 96 valence electrons. The van der Waals surface area contributed by atoms with Crippen LogP contribution in [0.4, 0.5) is 4.39 Å². The summed E-state index contributed by atoms with van der Waals surface area (Å²) >= 11 is 5.70. The number of methoxy groups -OCH3 is 2. The SMILES string of the molecule is COc1ccc(F)cc1.COc1ccccc1Cl. The summed E-state index contributed by atoms with van der Waals surface area (Å²) in [6, 6.07) is 13.2. The Morgan fingerprint density at radius 3 is 1.94 bits per heavy atom. The van der Waals surface area contributed by atoms with Gasteiger partial charge in [-0.2, -0.15) is 0 Å². The lowest BCUT2D eigenvalue weighted by Crippen LogP contribution is -1.81. The van der Waals surface area contributed by atoms with Crippen LogP contribution in [0.15, 0.2) is 48.5 Å². The minimum Gasteiger partial charge on any atom is -0.497 e. The summed E-state index contributed by atoms with van der Waals surface area (Å²) in [4.78, 5) is 0. The lowest BCUT2D eigenvalue weighted by atomic mass is 10.3. The summed E-state index contributed by atoms with van der Waals surface area (Å²) < 4.78 is 21.9. The van der Waals surface area contributed by atoms with Gasteiger partial charge in [0, 0.05) is 0 Å². The van der Waals surface area contributed by atoms with Gasteiger partial charge in [-0.3, -0.25) is 0 Å². The number of benzene rings is 2. The van der Waals surface area contributed by atoms with E-state index in [2.05, 4.69) is 0 Å². The standard InChI is InChI=1S/C7H7ClO.C7H7FO/c1-9-7-5-3-2-4-6(7)8;1-9-7-4-2-6(8)3-5-7/h2*2-5H,1H3. The molecule has 0 aliphatic rings. The van der Waals surface area contributed by atoms with Gasteiger partial charge in [-0.05, 0) is 36.4 Å². The molecule has 2 aromatic rings. The zero-order valence-electron chi connectivity index (χ0n) is 10.2. The van der Waals surface area contributed by atoms with Gasteiger partial charge in [0.25, 0.3) is 0 Å². The Kier molecular flexibility index (Phi) is 6.01. The number of halogens is 2. The van der Waals surface area contributed by atoms with Crippen molar-refractivity contribution in [3.05, 3.63) is 59.4 Å². The Balaban J connectivity index is 0.000000180. The lowest BCUT2D eigenvalue weighted by molar-refractivity contribution is 0.413. The third-order valence-electron chi connectivity index (χ3n) is 2.11. The van der Waals surface area contributed by atoms with E-state index in [-0.39, 0.29) is 5.82 Å². The van der Waals surface area contributed by atoms with E-state index in [1.165, 1.54) is 12.1 Å². The second kappa shape index (κ2) is 7.56. The van der Waals surface area contributed by atoms with Crippen LogP contribution in [0.3, 0.4) is 0 Å². The molecule has 0 aromatic heterocycles. The van der Waals surface area contributed by atoms with E-state index in [0.717, 1.165) is 5.75 Å². The van der Waals surface area contributed by atoms with Gasteiger partial charge < -0.3 is 9.47 Å². The fourth-order valence-electron chi connectivity index (χ4n) is 1.18. The highest BCUT2D eigenvalue weighted by atomic mass is 35.5. The van der Waals surface area contributed by atoms with Crippen molar-refractivity contribution in [2.75, 3.05) is 14.2 Å². The number of para-hydroxylation sites is 1. The minimum absolute atomic E-state index is 0.240. The molecule has 18 heavy (non-hydrogen) atoms. The molecular formula is C14H14ClFO2. The molecule has 2 nitrogen and oxygen atoms in total. The molecule has 2 rings (SSSR count). The van der Waals surface area contributed by atoms with Crippen molar-refractivity contribution in [1.29, 1.82) is 0 Å². The van der Waals surface area contributed by atoms with Gasteiger partial charge >= 0.3 is 0 Å². The van der Waals surface area contributed by atoms with Crippen molar-refractivity contribution < 1.29 is 13.9 Å². The summed E-state index contributed by atoms with van der Waals surface area (Å²) in [5, 5.41) is 0.653. The molecule has 0 atom stereocenters. The summed E-state index contributed by atoms with van der Waals surface area (Å²) in [5.74, 6) is 1.16. The lowest BCUT2D eigenvalue weighted by Gasteiger charge is -1.98. The second-order valence-electron chi connectivity index (χ2n) is 3.29. The van der Waals surface area contributed by atoms with E-state index in [4.69, 9.17) is 21.1 Å². The Bertz CT molecular complexity index is 471. The predicted molar refractivity (Wildman–Crippen MR) is 71.0 cm³/mol. The maximum absolute atomic E-state index is 12.2. The average molecular weight is 269 g/mol. The molecule has 0 aliphatic heterocycles. The maximum Gasteiger partial charge on any atom is 0.137 e. The third-order valence-corrected chi connectivity index (χ3v) is 2.42. The maximum atomic E-state index is 12.2. The molecule has 0 aliphatic carbocycles. The normalized spacial score (nSPS) is 9.11. The van der Waals surface area contributed by atoms with Crippen LogP contribution in [0.1, 0.15) is 0 Å². The molecule has 2 aromatic carbocycles. The first kappa shape index (κ1) is 14.3. The third kappa shape index (κ3) is 4.63. The van der Waals surface area contributed by atoms with E-state index in [1.54, 1.807) is 32.4 Å². The number of rotatable bonds is 2. The van der Waals surface area contributed by atoms with Gasteiger partial charge in [0.1, 0.15) is 17.3 Å². The molecule has 0 amide bonds. The van der Waals surface area contributed by atoms with Crippen LogP contribution < -0.4 is 9.47 Å². The fraction of sp³-hybridized carbons (Fsp3) is 0.143. The van der Waals surface area contributed by atoms with E-state index in [9.17, 15) is 4.39 Å². The molecule has 0 unspecified atom stereocenters. The molecule has 0 heterocycles. The van der Waals surface area contributed by atoms with Crippen LogP contribution in [-0.2, 0) is 0 Å². The highest BCUT2D eigenvalue weighted by molar-refractivity contribution is 6.32. The van der Waals surface area contributed by atoms with E-state index in [1.807, 2.05) is 18.2 Å². The highest BCUT2D eigenvalue weighted by Crippen LogP contribution is 2.21. The Hall–Kier alpha value is -1.74. The van der Waals surface area contributed by atoms with E-state index >= 15 is 0 Å². The first-order valence-corrected chi connectivity index (χ1v) is 5.63. The van der Waals surface area contributed by atoms with Crippen LogP contribution in [0.2, 0.25) is 5.02 Å². The van der Waals surface area contributed by atoms with Crippen LogP contribution in [-0.4, -0.2) is 14.2 Å². The molecule has 0 fully saturated rings. The van der Waals surface area contributed by atoms with Crippen molar-refractivity contribution in [2.24, 2.45) is 0 Å².